The van der Waals surface area contributed by atoms with Gasteiger partial charge in [-0.1, -0.05) is 6.07 Å². The van der Waals surface area contributed by atoms with Gasteiger partial charge < -0.3 is 10.1 Å². The van der Waals surface area contributed by atoms with Crippen molar-refractivity contribution in [2.75, 3.05) is 5.32 Å². The molecule has 0 aliphatic carbocycles. The van der Waals surface area contributed by atoms with Crippen molar-refractivity contribution in [3.8, 4) is 5.88 Å². The second kappa shape index (κ2) is 6.32. The summed E-state index contributed by atoms with van der Waals surface area (Å²) in [5.74, 6) is -0.700. The lowest BCUT2D eigenvalue weighted by atomic mass is 10.2. The molecule has 0 saturated carbocycles. The van der Waals surface area contributed by atoms with Gasteiger partial charge in [-0.15, -0.1) is 0 Å². The number of halogens is 2. The lowest BCUT2D eigenvalue weighted by molar-refractivity contribution is 0.234. The monoisotopic (exact) mass is 278 g/mol. The maximum Gasteiger partial charge on any atom is 0.237 e. The van der Waals surface area contributed by atoms with Gasteiger partial charge in [0.15, 0.2) is 0 Å². The number of hydrogen-bond donors (Lipinski definition) is 1. The molecule has 0 saturated heterocycles. The highest BCUT2D eigenvalue weighted by Gasteiger charge is 2.08. The lowest BCUT2D eigenvalue weighted by Crippen LogP contribution is -2.10. The van der Waals surface area contributed by atoms with E-state index in [9.17, 15) is 8.78 Å². The normalized spacial score (nSPS) is 10.7. The van der Waals surface area contributed by atoms with Crippen LogP contribution in [0.5, 0.6) is 5.88 Å². The van der Waals surface area contributed by atoms with E-state index >= 15 is 0 Å². The van der Waals surface area contributed by atoms with Crippen molar-refractivity contribution in [1.82, 2.24) is 4.98 Å². The summed E-state index contributed by atoms with van der Waals surface area (Å²) >= 11 is 0. The summed E-state index contributed by atoms with van der Waals surface area (Å²) in [5, 5.41) is 3.05. The molecule has 5 heteroatoms. The summed E-state index contributed by atoms with van der Waals surface area (Å²) in [6, 6.07) is 7.07. The molecule has 0 spiro atoms. The van der Waals surface area contributed by atoms with E-state index in [0.717, 1.165) is 6.07 Å². The van der Waals surface area contributed by atoms with Gasteiger partial charge in [0.05, 0.1) is 11.8 Å². The van der Waals surface area contributed by atoms with Crippen LogP contribution in [0, 0.1) is 11.6 Å². The SMILES string of the molecule is CC(C)Oc1ncccc1NCc1ccc(F)cc1F. The predicted octanol–water partition coefficient (Wildman–Crippen LogP) is 3.76. The van der Waals surface area contributed by atoms with Crippen molar-refractivity contribution in [2.45, 2.75) is 26.5 Å². The highest BCUT2D eigenvalue weighted by molar-refractivity contribution is 5.52. The third kappa shape index (κ3) is 3.66. The molecule has 3 nitrogen and oxygen atoms in total. The van der Waals surface area contributed by atoms with Gasteiger partial charge in [-0.2, -0.15) is 0 Å². The molecule has 0 aliphatic rings. The molecule has 0 atom stereocenters. The Hall–Kier alpha value is -2.17. The van der Waals surface area contributed by atoms with Gasteiger partial charge >= 0.3 is 0 Å². The quantitative estimate of drug-likeness (QED) is 0.904. The van der Waals surface area contributed by atoms with Gasteiger partial charge in [0.1, 0.15) is 11.6 Å². The fourth-order valence-corrected chi connectivity index (χ4v) is 1.70. The summed E-state index contributed by atoms with van der Waals surface area (Å²) < 4.78 is 31.9. The van der Waals surface area contributed by atoms with E-state index < -0.39 is 11.6 Å². The standard InChI is InChI=1S/C15H16F2N2O/c1-10(2)20-15-14(4-3-7-18-15)19-9-11-5-6-12(16)8-13(11)17/h3-8,10,19H,9H2,1-2H3. The zero-order valence-corrected chi connectivity index (χ0v) is 11.4. The van der Waals surface area contributed by atoms with Crippen LogP contribution in [0.2, 0.25) is 0 Å². The Labute approximate surface area is 116 Å². The fourth-order valence-electron chi connectivity index (χ4n) is 1.70. The van der Waals surface area contributed by atoms with E-state index in [2.05, 4.69) is 10.3 Å². The molecule has 0 bridgehead atoms. The minimum atomic E-state index is -0.587. The number of anilines is 1. The van der Waals surface area contributed by atoms with E-state index in [1.165, 1.54) is 12.1 Å². The highest BCUT2D eigenvalue weighted by Crippen LogP contribution is 2.23. The Balaban J connectivity index is 2.10. The Morgan fingerprint density at radius 3 is 2.75 bits per heavy atom. The van der Waals surface area contributed by atoms with Crippen LogP contribution in [0.1, 0.15) is 19.4 Å². The van der Waals surface area contributed by atoms with Crippen LogP contribution < -0.4 is 10.1 Å². The van der Waals surface area contributed by atoms with Gasteiger partial charge in [-0.25, -0.2) is 13.8 Å². The minimum Gasteiger partial charge on any atom is -0.473 e. The first-order valence-electron chi connectivity index (χ1n) is 6.35. The molecule has 20 heavy (non-hydrogen) atoms. The largest absolute Gasteiger partial charge is 0.473 e. The van der Waals surface area contributed by atoms with Crippen LogP contribution in [-0.4, -0.2) is 11.1 Å². The second-order valence-electron chi connectivity index (χ2n) is 4.61. The number of hydrogen-bond acceptors (Lipinski definition) is 3. The van der Waals surface area contributed by atoms with Crippen LogP contribution in [0.4, 0.5) is 14.5 Å². The molecule has 2 aromatic rings. The Kier molecular flexibility index (Phi) is 4.50. The van der Waals surface area contributed by atoms with Crippen molar-refractivity contribution in [2.24, 2.45) is 0 Å². The van der Waals surface area contributed by atoms with Crippen molar-refractivity contribution in [3.05, 3.63) is 53.7 Å². The van der Waals surface area contributed by atoms with E-state index in [1.807, 2.05) is 13.8 Å². The zero-order valence-electron chi connectivity index (χ0n) is 11.4. The van der Waals surface area contributed by atoms with E-state index in [4.69, 9.17) is 4.74 Å². The minimum absolute atomic E-state index is 0.00647. The Morgan fingerprint density at radius 1 is 1.25 bits per heavy atom. The molecule has 0 unspecified atom stereocenters. The van der Waals surface area contributed by atoms with Crippen molar-refractivity contribution in [1.29, 1.82) is 0 Å². The third-order valence-corrected chi connectivity index (χ3v) is 2.60. The van der Waals surface area contributed by atoms with Gasteiger partial charge in [-0.3, -0.25) is 0 Å². The average Bonchev–Trinajstić information content (AvgIpc) is 2.39. The molecular formula is C15H16F2N2O. The maximum atomic E-state index is 13.5. The first-order valence-corrected chi connectivity index (χ1v) is 6.35. The van der Waals surface area contributed by atoms with Crippen LogP contribution in [0.3, 0.4) is 0 Å². The van der Waals surface area contributed by atoms with Gasteiger partial charge in [0, 0.05) is 24.4 Å². The van der Waals surface area contributed by atoms with Crippen molar-refractivity contribution < 1.29 is 13.5 Å². The van der Waals surface area contributed by atoms with Gasteiger partial charge in [-0.05, 0) is 32.0 Å². The van der Waals surface area contributed by atoms with Gasteiger partial charge in [0.2, 0.25) is 5.88 Å². The summed E-state index contributed by atoms with van der Waals surface area (Å²) in [7, 11) is 0. The predicted molar refractivity (Wildman–Crippen MR) is 73.7 cm³/mol. The zero-order chi connectivity index (χ0) is 14.5. The number of ether oxygens (including phenoxy) is 1. The fraction of sp³-hybridized carbons (Fsp3) is 0.267. The number of benzene rings is 1. The lowest BCUT2D eigenvalue weighted by Gasteiger charge is -2.14. The maximum absolute atomic E-state index is 13.5. The first-order chi connectivity index (χ1) is 9.56. The Morgan fingerprint density at radius 2 is 2.05 bits per heavy atom. The molecule has 1 aromatic carbocycles. The molecule has 0 radical (unpaired) electrons. The molecule has 0 fully saturated rings. The number of aromatic nitrogens is 1. The molecule has 106 valence electrons. The van der Waals surface area contributed by atoms with E-state index in [1.54, 1.807) is 18.3 Å². The molecule has 1 N–H and O–H groups in total. The first kappa shape index (κ1) is 14.2. The van der Waals surface area contributed by atoms with Crippen LogP contribution >= 0.6 is 0 Å². The number of nitrogens with zero attached hydrogens (tertiary/aromatic N) is 1. The summed E-state index contributed by atoms with van der Waals surface area (Å²) in [6.45, 7) is 4.03. The number of nitrogens with one attached hydrogen (secondary N) is 1. The molecule has 1 aromatic heterocycles. The van der Waals surface area contributed by atoms with Crippen LogP contribution in [0.15, 0.2) is 36.5 Å². The van der Waals surface area contributed by atoms with Crippen LogP contribution in [0.25, 0.3) is 0 Å². The highest BCUT2D eigenvalue weighted by atomic mass is 19.1. The second-order valence-corrected chi connectivity index (χ2v) is 4.61. The summed E-state index contributed by atoms with van der Waals surface area (Å²) in [5.41, 5.74) is 1.05. The molecule has 2 rings (SSSR count). The van der Waals surface area contributed by atoms with E-state index in [-0.39, 0.29) is 12.6 Å². The van der Waals surface area contributed by atoms with Crippen LogP contribution in [-0.2, 0) is 6.54 Å². The topological polar surface area (TPSA) is 34.1 Å². The average molecular weight is 278 g/mol. The molecule has 0 aliphatic heterocycles. The summed E-state index contributed by atoms with van der Waals surface area (Å²) in [6.07, 6.45) is 1.62. The smallest absolute Gasteiger partial charge is 0.237 e. The Bertz CT molecular complexity index is 588. The summed E-state index contributed by atoms with van der Waals surface area (Å²) in [4.78, 5) is 4.13. The number of rotatable bonds is 5. The van der Waals surface area contributed by atoms with Gasteiger partial charge in [0.25, 0.3) is 0 Å². The molecular weight excluding hydrogens is 262 g/mol. The third-order valence-electron chi connectivity index (χ3n) is 2.60. The molecule has 0 amide bonds. The van der Waals surface area contributed by atoms with Crippen molar-refractivity contribution in [3.63, 3.8) is 0 Å². The van der Waals surface area contributed by atoms with Crippen molar-refractivity contribution >= 4 is 5.69 Å². The molecule has 1 heterocycles. The number of pyridine rings is 1. The van der Waals surface area contributed by atoms with E-state index in [0.29, 0.717) is 17.1 Å².